The lowest BCUT2D eigenvalue weighted by atomic mass is 10.1. The SMILES string of the molecule is CC(C)Oc1cccc(CC(=O)N(CCN)CCc2ccccc2)c1. The highest BCUT2D eigenvalue weighted by Gasteiger charge is 2.14. The Bertz CT molecular complexity index is 656. The Labute approximate surface area is 150 Å². The van der Waals surface area contributed by atoms with E-state index in [9.17, 15) is 4.79 Å². The molecule has 25 heavy (non-hydrogen) atoms. The average Bonchev–Trinajstić information content (AvgIpc) is 2.59. The summed E-state index contributed by atoms with van der Waals surface area (Å²) in [5.74, 6) is 0.901. The summed E-state index contributed by atoms with van der Waals surface area (Å²) >= 11 is 0. The van der Waals surface area contributed by atoms with E-state index in [1.165, 1.54) is 5.56 Å². The van der Waals surface area contributed by atoms with Crippen LogP contribution in [-0.4, -0.2) is 36.5 Å². The number of nitrogens with zero attached hydrogens (tertiary/aromatic N) is 1. The third-order valence-corrected chi connectivity index (χ3v) is 3.89. The van der Waals surface area contributed by atoms with Crippen molar-refractivity contribution in [3.63, 3.8) is 0 Å². The summed E-state index contributed by atoms with van der Waals surface area (Å²) in [6.45, 7) is 5.71. The molecular formula is C21H28N2O2. The van der Waals surface area contributed by atoms with Gasteiger partial charge in [0.05, 0.1) is 12.5 Å². The van der Waals surface area contributed by atoms with Gasteiger partial charge in [0.2, 0.25) is 5.91 Å². The maximum Gasteiger partial charge on any atom is 0.227 e. The van der Waals surface area contributed by atoms with Gasteiger partial charge in [-0.05, 0) is 43.5 Å². The largest absolute Gasteiger partial charge is 0.491 e. The maximum atomic E-state index is 12.7. The van der Waals surface area contributed by atoms with Gasteiger partial charge in [0.15, 0.2) is 0 Å². The lowest BCUT2D eigenvalue weighted by molar-refractivity contribution is -0.130. The Hall–Kier alpha value is -2.33. The number of nitrogens with two attached hydrogens (primary N) is 1. The van der Waals surface area contributed by atoms with Gasteiger partial charge in [-0.15, -0.1) is 0 Å². The van der Waals surface area contributed by atoms with E-state index in [2.05, 4.69) is 12.1 Å². The first kappa shape index (κ1) is 19.0. The predicted octanol–water partition coefficient (Wildman–Crippen LogP) is 3.05. The van der Waals surface area contributed by atoms with Crippen LogP contribution in [-0.2, 0) is 17.6 Å². The van der Waals surface area contributed by atoms with Crippen molar-refractivity contribution in [3.05, 3.63) is 65.7 Å². The van der Waals surface area contributed by atoms with Gasteiger partial charge in [0.25, 0.3) is 0 Å². The van der Waals surface area contributed by atoms with Gasteiger partial charge < -0.3 is 15.4 Å². The summed E-state index contributed by atoms with van der Waals surface area (Å²) < 4.78 is 5.70. The second kappa shape index (κ2) is 9.84. The molecule has 0 saturated carbocycles. The van der Waals surface area contributed by atoms with Crippen molar-refractivity contribution in [1.82, 2.24) is 4.90 Å². The van der Waals surface area contributed by atoms with Gasteiger partial charge in [0, 0.05) is 19.6 Å². The molecule has 0 radical (unpaired) electrons. The first-order valence-electron chi connectivity index (χ1n) is 8.86. The van der Waals surface area contributed by atoms with Crippen molar-refractivity contribution >= 4 is 5.91 Å². The highest BCUT2D eigenvalue weighted by Crippen LogP contribution is 2.16. The molecule has 0 fully saturated rings. The van der Waals surface area contributed by atoms with Crippen LogP contribution in [0.2, 0.25) is 0 Å². The molecule has 0 aliphatic rings. The van der Waals surface area contributed by atoms with Crippen molar-refractivity contribution in [2.45, 2.75) is 32.8 Å². The van der Waals surface area contributed by atoms with Crippen LogP contribution < -0.4 is 10.5 Å². The minimum absolute atomic E-state index is 0.100. The van der Waals surface area contributed by atoms with Gasteiger partial charge in [-0.2, -0.15) is 0 Å². The van der Waals surface area contributed by atoms with E-state index in [-0.39, 0.29) is 12.0 Å². The van der Waals surface area contributed by atoms with E-state index < -0.39 is 0 Å². The molecule has 2 aromatic carbocycles. The molecule has 0 aromatic heterocycles. The molecule has 0 unspecified atom stereocenters. The van der Waals surface area contributed by atoms with Crippen molar-refractivity contribution in [3.8, 4) is 5.75 Å². The van der Waals surface area contributed by atoms with Crippen LogP contribution in [0.15, 0.2) is 54.6 Å². The number of carbonyl (C=O) groups is 1. The lowest BCUT2D eigenvalue weighted by Gasteiger charge is -2.22. The molecule has 0 spiro atoms. The summed E-state index contributed by atoms with van der Waals surface area (Å²) in [5.41, 5.74) is 7.88. The fraction of sp³-hybridized carbons (Fsp3) is 0.381. The molecule has 0 aliphatic carbocycles. The van der Waals surface area contributed by atoms with Crippen LogP contribution in [0.3, 0.4) is 0 Å². The van der Waals surface area contributed by atoms with E-state index >= 15 is 0 Å². The zero-order chi connectivity index (χ0) is 18.1. The quantitative estimate of drug-likeness (QED) is 0.763. The second-order valence-electron chi connectivity index (χ2n) is 6.40. The summed E-state index contributed by atoms with van der Waals surface area (Å²) in [6, 6.07) is 17.9. The first-order valence-corrected chi connectivity index (χ1v) is 8.86. The third kappa shape index (κ3) is 6.59. The van der Waals surface area contributed by atoms with Crippen molar-refractivity contribution < 1.29 is 9.53 Å². The predicted molar refractivity (Wildman–Crippen MR) is 102 cm³/mol. The Balaban J connectivity index is 1.97. The molecule has 4 heteroatoms. The Kier molecular flexibility index (Phi) is 7.48. The van der Waals surface area contributed by atoms with Crippen molar-refractivity contribution in [2.75, 3.05) is 19.6 Å². The fourth-order valence-corrected chi connectivity index (χ4v) is 2.71. The van der Waals surface area contributed by atoms with Crippen LogP contribution >= 0.6 is 0 Å². The molecule has 1 amide bonds. The molecule has 0 aliphatic heterocycles. The average molecular weight is 340 g/mol. The summed E-state index contributed by atoms with van der Waals surface area (Å²) in [7, 11) is 0. The van der Waals surface area contributed by atoms with E-state index in [0.717, 1.165) is 17.7 Å². The van der Waals surface area contributed by atoms with Crippen LogP contribution in [0.25, 0.3) is 0 Å². The zero-order valence-corrected chi connectivity index (χ0v) is 15.2. The van der Waals surface area contributed by atoms with Gasteiger partial charge in [0.1, 0.15) is 5.75 Å². The number of carbonyl (C=O) groups excluding carboxylic acids is 1. The summed E-state index contributed by atoms with van der Waals surface area (Å²) in [6.07, 6.45) is 1.32. The molecule has 0 heterocycles. The molecule has 2 aromatic rings. The molecule has 4 nitrogen and oxygen atoms in total. The first-order chi connectivity index (χ1) is 12.1. The second-order valence-corrected chi connectivity index (χ2v) is 6.40. The fourth-order valence-electron chi connectivity index (χ4n) is 2.71. The monoisotopic (exact) mass is 340 g/mol. The van der Waals surface area contributed by atoms with E-state index in [1.54, 1.807) is 0 Å². The smallest absolute Gasteiger partial charge is 0.227 e. The Morgan fingerprint density at radius 2 is 1.76 bits per heavy atom. The number of rotatable bonds is 9. The zero-order valence-electron chi connectivity index (χ0n) is 15.2. The molecule has 2 rings (SSSR count). The van der Waals surface area contributed by atoms with E-state index in [4.69, 9.17) is 10.5 Å². The Morgan fingerprint density at radius 1 is 1.04 bits per heavy atom. The third-order valence-electron chi connectivity index (χ3n) is 3.89. The molecule has 0 saturated heterocycles. The normalized spacial score (nSPS) is 10.7. The summed E-state index contributed by atoms with van der Waals surface area (Å²) in [5, 5.41) is 0. The van der Waals surface area contributed by atoms with Gasteiger partial charge in [-0.3, -0.25) is 4.79 Å². The van der Waals surface area contributed by atoms with Gasteiger partial charge >= 0.3 is 0 Å². The molecule has 134 valence electrons. The maximum absolute atomic E-state index is 12.7. The minimum atomic E-state index is 0.100. The van der Waals surface area contributed by atoms with E-state index in [0.29, 0.717) is 26.1 Å². The number of ether oxygens (including phenoxy) is 1. The number of hydrogen-bond acceptors (Lipinski definition) is 3. The van der Waals surface area contributed by atoms with Crippen LogP contribution in [0.4, 0.5) is 0 Å². The molecule has 0 bridgehead atoms. The van der Waals surface area contributed by atoms with Gasteiger partial charge in [-0.25, -0.2) is 0 Å². The minimum Gasteiger partial charge on any atom is -0.491 e. The molecular weight excluding hydrogens is 312 g/mol. The molecule has 0 atom stereocenters. The van der Waals surface area contributed by atoms with Crippen molar-refractivity contribution in [2.24, 2.45) is 5.73 Å². The van der Waals surface area contributed by atoms with Crippen molar-refractivity contribution in [1.29, 1.82) is 0 Å². The van der Waals surface area contributed by atoms with Gasteiger partial charge in [-0.1, -0.05) is 42.5 Å². The Morgan fingerprint density at radius 3 is 2.44 bits per heavy atom. The number of amides is 1. The topological polar surface area (TPSA) is 55.6 Å². The standard InChI is InChI=1S/C21H28N2O2/c1-17(2)25-20-10-6-9-19(15-20)16-21(24)23(14-12-22)13-11-18-7-4-3-5-8-18/h3-10,15,17H,11-14,16,22H2,1-2H3. The highest BCUT2D eigenvalue weighted by atomic mass is 16.5. The number of benzene rings is 2. The van der Waals surface area contributed by atoms with E-state index in [1.807, 2.05) is 61.2 Å². The van der Waals surface area contributed by atoms with Crippen LogP contribution in [0, 0.1) is 0 Å². The lowest BCUT2D eigenvalue weighted by Crippen LogP contribution is -2.37. The van der Waals surface area contributed by atoms with Crippen LogP contribution in [0.1, 0.15) is 25.0 Å². The highest BCUT2D eigenvalue weighted by molar-refractivity contribution is 5.79. The number of hydrogen-bond donors (Lipinski definition) is 1. The van der Waals surface area contributed by atoms with Crippen LogP contribution in [0.5, 0.6) is 5.75 Å². The summed E-state index contributed by atoms with van der Waals surface area (Å²) in [4.78, 5) is 14.5. The molecule has 2 N–H and O–H groups in total.